The summed E-state index contributed by atoms with van der Waals surface area (Å²) >= 11 is 3.44. The van der Waals surface area contributed by atoms with Crippen LogP contribution in [-0.2, 0) is 6.54 Å². The quantitative estimate of drug-likeness (QED) is 0.923. The van der Waals surface area contributed by atoms with Gasteiger partial charge in [0.25, 0.3) is 0 Å². The largest absolute Gasteiger partial charge is 0.379 e. The van der Waals surface area contributed by atoms with Crippen molar-refractivity contribution in [2.75, 3.05) is 5.32 Å². The minimum absolute atomic E-state index is 0.747. The van der Waals surface area contributed by atoms with Crippen molar-refractivity contribution in [2.45, 2.75) is 13.5 Å². The van der Waals surface area contributed by atoms with E-state index in [1.807, 2.05) is 43.5 Å². The SMILES string of the molecule is Cc1ccc(CNc2cccc(Br)c2)nc1. The van der Waals surface area contributed by atoms with Crippen LogP contribution in [0.1, 0.15) is 11.3 Å². The standard InChI is InChI=1S/C13H13BrN2/c1-10-5-6-13(15-8-10)9-16-12-4-2-3-11(14)7-12/h2-8,16H,9H2,1H3. The molecule has 0 spiro atoms. The van der Waals surface area contributed by atoms with Crippen LogP contribution in [0.5, 0.6) is 0 Å². The Kier molecular flexibility index (Phi) is 3.57. The van der Waals surface area contributed by atoms with E-state index in [1.165, 1.54) is 5.56 Å². The molecule has 0 aliphatic rings. The van der Waals surface area contributed by atoms with Crippen LogP contribution in [-0.4, -0.2) is 4.98 Å². The van der Waals surface area contributed by atoms with Crippen molar-refractivity contribution in [2.24, 2.45) is 0 Å². The van der Waals surface area contributed by atoms with Gasteiger partial charge in [-0.1, -0.05) is 28.1 Å². The third-order valence-electron chi connectivity index (χ3n) is 2.27. The maximum Gasteiger partial charge on any atom is 0.0594 e. The second-order valence-corrected chi connectivity index (χ2v) is 4.61. The first-order chi connectivity index (χ1) is 7.74. The van der Waals surface area contributed by atoms with Gasteiger partial charge in [0.2, 0.25) is 0 Å². The van der Waals surface area contributed by atoms with E-state index in [0.29, 0.717) is 0 Å². The fraction of sp³-hybridized carbons (Fsp3) is 0.154. The molecule has 2 rings (SSSR count). The molecule has 0 unspecified atom stereocenters. The van der Waals surface area contributed by atoms with E-state index in [-0.39, 0.29) is 0 Å². The molecule has 0 saturated heterocycles. The molecule has 0 atom stereocenters. The van der Waals surface area contributed by atoms with Crippen LogP contribution in [0.15, 0.2) is 47.1 Å². The Morgan fingerprint density at radius 1 is 1.25 bits per heavy atom. The lowest BCUT2D eigenvalue weighted by atomic mass is 10.2. The molecule has 16 heavy (non-hydrogen) atoms. The minimum Gasteiger partial charge on any atom is -0.379 e. The number of anilines is 1. The summed E-state index contributed by atoms with van der Waals surface area (Å²) in [5.41, 5.74) is 3.33. The molecular weight excluding hydrogens is 264 g/mol. The summed E-state index contributed by atoms with van der Waals surface area (Å²) in [5, 5.41) is 3.33. The molecule has 0 bridgehead atoms. The molecular formula is C13H13BrN2. The second-order valence-electron chi connectivity index (χ2n) is 3.69. The molecule has 0 aliphatic heterocycles. The van der Waals surface area contributed by atoms with Crippen molar-refractivity contribution >= 4 is 21.6 Å². The first kappa shape index (κ1) is 11.1. The molecule has 0 aliphatic carbocycles. The number of halogens is 1. The number of nitrogens with zero attached hydrogens (tertiary/aromatic N) is 1. The summed E-state index contributed by atoms with van der Waals surface area (Å²) in [6.45, 7) is 2.79. The Labute approximate surface area is 104 Å². The maximum atomic E-state index is 4.34. The molecule has 1 aromatic heterocycles. The number of benzene rings is 1. The Morgan fingerprint density at radius 3 is 2.81 bits per heavy atom. The molecule has 0 fully saturated rings. The van der Waals surface area contributed by atoms with Crippen molar-refractivity contribution in [3.8, 4) is 0 Å². The number of pyridine rings is 1. The molecule has 2 aromatic rings. The van der Waals surface area contributed by atoms with Crippen molar-refractivity contribution < 1.29 is 0 Å². The number of aryl methyl sites for hydroxylation is 1. The van der Waals surface area contributed by atoms with Crippen molar-refractivity contribution in [3.63, 3.8) is 0 Å². The summed E-state index contributed by atoms with van der Waals surface area (Å²) in [5.74, 6) is 0. The molecule has 0 saturated carbocycles. The van der Waals surface area contributed by atoms with E-state index in [4.69, 9.17) is 0 Å². The van der Waals surface area contributed by atoms with Crippen molar-refractivity contribution in [1.29, 1.82) is 0 Å². The summed E-state index contributed by atoms with van der Waals surface area (Å²) in [4.78, 5) is 4.34. The van der Waals surface area contributed by atoms with Crippen molar-refractivity contribution in [1.82, 2.24) is 4.98 Å². The summed E-state index contributed by atoms with van der Waals surface area (Å²) in [7, 11) is 0. The third-order valence-corrected chi connectivity index (χ3v) is 2.76. The highest BCUT2D eigenvalue weighted by Crippen LogP contribution is 2.16. The summed E-state index contributed by atoms with van der Waals surface area (Å²) in [6, 6.07) is 12.2. The highest BCUT2D eigenvalue weighted by molar-refractivity contribution is 9.10. The third kappa shape index (κ3) is 3.07. The van der Waals surface area contributed by atoms with Gasteiger partial charge in [-0.3, -0.25) is 4.98 Å². The maximum absolute atomic E-state index is 4.34. The average Bonchev–Trinajstić information content (AvgIpc) is 2.28. The van der Waals surface area contributed by atoms with E-state index < -0.39 is 0 Å². The van der Waals surface area contributed by atoms with Gasteiger partial charge in [0.15, 0.2) is 0 Å². The summed E-state index contributed by atoms with van der Waals surface area (Å²) in [6.07, 6.45) is 1.89. The predicted molar refractivity (Wildman–Crippen MR) is 70.4 cm³/mol. The second kappa shape index (κ2) is 5.12. The molecule has 2 nitrogen and oxygen atoms in total. The fourth-order valence-electron chi connectivity index (χ4n) is 1.39. The zero-order valence-corrected chi connectivity index (χ0v) is 10.7. The van der Waals surface area contributed by atoms with Gasteiger partial charge in [-0.05, 0) is 36.8 Å². The zero-order chi connectivity index (χ0) is 11.4. The van der Waals surface area contributed by atoms with Crippen molar-refractivity contribution in [3.05, 3.63) is 58.3 Å². The van der Waals surface area contributed by atoms with Gasteiger partial charge in [-0.15, -0.1) is 0 Å². The van der Waals surface area contributed by atoms with Crippen LogP contribution in [0.25, 0.3) is 0 Å². The van der Waals surface area contributed by atoms with Gasteiger partial charge in [0, 0.05) is 16.4 Å². The lowest BCUT2D eigenvalue weighted by molar-refractivity contribution is 1.04. The molecule has 1 heterocycles. The number of rotatable bonds is 3. The summed E-state index contributed by atoms with van der Waals surface area (Å²) < 4.78 is 1.08. The normalized spacial score (nSPS) is 10.1. The Morgan fingerprint density at radius 2 is 2.12 bits per heavy atom. The topological polar surface area (TPSA) is 24.9 Å². The van der Waals surface area contributed by atoms with Gasteiger partial charge in [0.05, 0.1) is 12.2 Å². The minimum atomic E-state index is 0.747. The molecule has 1 aromatic carbocycles. The Bertz CT molecular complexity index is 466. The van der Waals surface area contributed by atoms with Crippen LogP contribution in [0.3, 0.4) is 0 Å². The highest BCUT2D eigenvalue weighted by Gasteiger charge is 1.95. The molecule has 0 amide bonds. The van der Waals surface area contributed by atoms with Gasteiger partial charge >= 0.3 is 0 Å². The van der Waals surface area contributed by atoms with E-state index in [0.717, 1.165) is 22.4 Å². The van der Waals surface area contributed by atoms with Gasteiger partial charge in [-0.25, -0.2) is 0 Å². The molecule has 1 N–H and O–H groups in total. The van der Waals surface area contributed by atoms with Gasteiger partial charge in [0.1, 0.15) is 0 Å². The zero-order valence-electron chi connectivity index (χ0n) is 9.07. The number of aromatic nitrogens is 1. The Hall–Kier alpha value is -1.35. The molecule has 0 radical (unpaired) electrons. The van der Waals surface area contributed by atoms with Gasteiger partial charge < -0.3 is 5.32 Å². The lowest BCUT2D eigenvalue weighted by Gasteiger charge is -2.06. The lowest BCUT2D eigenvalue weighted by Crippen LogP contribution is -2.01. The van der Waals surface area contributed by atoms with E-state index in [9.17, 15) is 0 Å². The smallest absolute Gasteiger partial charge is 0.0594 e. The van der Waals surface area contributed by atoms with Gasteiger partial charge in [-0.2, -0.15) is 0 Å². The fourth-order valence-corrected chi connectivity index (χ4v) is 1.79. The van der Waals surface area contributed by atoms with Crippen LogP contribution in [0.4, 0.5) is 5.69 Å². The average molecular weight is 277 g/mol. The monoisotopic (exact) mass is 276 g/mol. The number of hydrogen-bond acceptors (Lipinski definition) is 2. The van der Waals surface area contributed by atoms with Crippen LogP contribution >= 0.6 is 15.9 Å². The van der Waals surface area contributed by atoms with E-state index >= 15 is 0 Å². The van der Waals surface area contributed by atoms with Crippen LogP contribution in [0, 0.1) is 6.92 Å². The van der Waals surface area contributed by atoms with Crippen LogP contribution < -0.4 is 5.32 Å². The number of nitrogens with one attached hydrogen (secondary N) is 1. The Balaban J connectivity index is 1.99. The predicted octanol–water partition coefficient (Wildman–Crippen LogP) is 3.76. The molecule has 82 valence electrons. The first-order valence-electron chi connectivity index (χ1n) is 5.15. The van der Waals surface area contributed by atoms with Crippen LogP contribution in [0.2, 0.25) is 0 Å². The highest BCUT2D eigenvalue weighted by atomic mass is 79.9. The first-order valence-corrected chi connectivity index (χ1v) is 5.94. The van der Waals surface area contributed by atoms with E-state index in [2.05, 4.69) is 32.3 Å². The molecule has 3 heteroatoms. The number of hydrogen-bond donors (Lipinski definition) is 1. The van der Waals surface area contributed by atoms with E-state index in [1.54, 1.807) is 0 Å².